The number of pyridine rings is 4. The molecule has 42 nitrogen and oxygen atoms in total. The number of nitrogen functional groups attached to an aromatic ring is 1. The van der Waals surface area contributed by atoms with E-state index < -0.39 is 90.6 Å². The third-order valence-corrected chi connectivity index (χ3v) is 30.6. The largest absolute Gasteiger partial charge is 0.477 e. The Labute approximate surface area is 856 Å². The number of carbonyl (C=O) groups is 3. The minimum atomic E-state index is -3.67. The summed E-state index contributed by atoms with van der Waals surface area (Å²) in [5.41, 5.74) is 12.1. The summed E-state index contributed by atoms with van der Waals surface area (Å²) in [5, 5.41) is 28.4. The summed E-state index contributed by atoms with van der Waals surface area (Å²) in [4.78, 5) is 124. The maximum atomic E-state index is 13.6. The number of terminal acetylenes is 3. The Balaban J connectivity index is 0.000000219. The lowest BCUT2D eigenvalue weighted by Crippen LogP contribution is -2.43. The van der Waals surface area contributed by atoms with Gasteiger partial charge in [0.1, 0.15) is 39.4 Å². The number of rotatable bonds is 24. The smallest absolute Gasteiger partial charge is 0.341 e. The van der Waals surface area contributed by atoms with E-state index >= 15 is 0 Å². The molecule has 0 spiro atoms. The Hall–Kier alpha value is -10.2. The first-order valence-electron chi connectivity index (χ1n) is 48.1. The Kier molecular flexibility index (Phi) is 44.4. The highest BCUT2D eigenvalue weighted by atomic mass is 32.2. The van der Waals surface area contributed by atoms with E-state index in [-0.39, 0.29) is 120 Å². The second-order valence-electron chi connectivity index (χ2n) is 39.3. The van der Waals surface area contributed by atoms with Gasteiger partial charge in [-0.05, 0) is 189 Å². The number of nitrogens with two attached hydrogens (primary N) is 2. The van der Waals surface area contributed by atoms with E-state index in [0.717, 1.165) is 126 Å². The molecule has 10 N–H and O–H groups in total. The van der Waals surface area contributed by atoms with Crippen LogP contribution < -0.4 is 44.3 Å². The van der Waals surface area contributed by atoms with E-state index in [2.05, 4.69) is 63.3 Å². The zero-order valence-corrected chi connectivity index (χ0v) is 90.3. The van der Waals surface area contributed by atoms with Gasteiger partial charge >= 0.3 is 17.9 Å². The van der Waals surface area contributed by atoms with Crippen LogP contribution >= 0.6 is 23.5 Å². The molecule has 8 aromatic rings. The number of hydrogen-bond acceptors (Lipinski definition) is 34. The first-order valence-corrected chi connectivity index (χ1v) is 59.1. The van der Waals surface area contributed by atoms with Crippen molar-refractivity contribution >= 4 is 153 Å². The number of hydrogen-bond donors (Lipinski definition) is 8. The Bertz CT molecular complexity index is 6790. The number of esters is 2. The molecule has 0 aromatic carbocycles. The number of aromatic nitrogens is 12. The van der Waals surface area contributed by atoms with Crippen LogP contribution in [0, 0.1) is 37.0 Å². The summed E-state index contributed by atoms with van der Waals surface area (Å²) >= 11 is 2.85. The molecule has 8 aromatic heterocycles. The number of nitrogens with one attached hydrogen (secondary N) is 2. The Morgan fingerprint density at radius 2 is 0.710 bits per heavy atom. The van der Waals surface area contributed by atoms with Gasteiger partial charge in [0.25, 0.3) is 42.5 Å². The number of carboxylic acid groups (broad SMARTS) is 1. The predicted molar refractivity (Wildman–Crippen MR) is 563 cm³/mol. The third kappa shape index (κ3) is 38.2. The summed E-state index contributed by atoms with van der Waals surface area (Å²) in [6.45, 7) is 18.8. The molecule has 7 fully saturated rings. The van der Waals surface area contributed by atoms with Gasteiger partial charge in [-0.2, -0.15) is 26.8 Å². The fourth-order valence-corrected chi connectivity index (χ4v) is 22.3. The molecule has 15 rings (SSSR count). The zero-order valence-electron chi connectivity index (χ0n) is 84.6. The molecule has 4 aliphatic carbocycles. The molecule has 11 heterocycles. The quantitative estimate of drug-likeness (QED) is 0.00916. The molecule has 0 amide bonds. The molecular formula is C96H139N19O23S7. The molecule has 0 radical (unpaired) electrons. The summed E-state index contributed by atoms with van der Waals surface area (Å²) in [7, 11) is -17.1. The lowest BCUT2D eigenvalue weighted by Gasteiger charge is -2.31. The molecule has 3 aliphatic heterocycles. The molecule has 0 unspecified atom stereocenters. The lowest BCUT2D eigenvalue weighted by molar-refractivity contribution is -0.155. The minimum Gasteiger partial charge on any atom is -0.477 e. The number of aromatic carboxylic acids is 1. The van der Waals surface area contributed by atoms with Gasteiger partial charge in [-0.25, -0.2) is 72.9 Å². The summed E-state index contributed by atoms with van der Waals surface area (Å²) in [6.07, 6.45) is 47.8. The molecule has 0 bridgehead atoms. The maximum absolute atomic E-state index is 13.6. The summed E-state index contributed by atoms with van der Waals surface area (Å²) in [5.74, 6) is 5.91. The van der Waals surface area contributed by atoms with Crippen LogP contribution in [0.5, 0.6) is 0 Å². The lowest BCUT2D eigenvalue weighted by atomic mass is 10.1. The number of piperidine rings is 3. The van der Waals surface area contributed by atoms with Gasteiger partial charge in [0.2, 0.25) is 42.0 Å². The van der Waals surface area contributed by atoms with Crippen LogP contribution in [0.3, 0.4) is 0 Å². The topological polar surface area (TPSA) is 598 Å². The fraction of sp³-hybridized carbons (Fsp3) is 0.615. The van der Waals surface area contributed by atoms with Crippen LogP contribution in [0.2, 0.25) is 0 Å². The van der Waals surface area contributed by atoms with E-state index in [1.165, 1.54) is 42.5 Å². The first kappa shape index (κ1) is 120. The number of fused-ring (bicyclic) bond motifs is 4. The minimum absolute atomic E-state index is 0.00428. The van der Waals surface area contributed by atoms with Crippen LogP contribution in [-0.4, -0.2) is 267 Å². The number of carbonyl (C=O) groups excluding carboxylic acids is 2. The second kappa shape index (κ2) is 53.6. The van der Waals surface area contributed by atoms with Crippen molar-refractivity contribution in [3.8, 4) is 37.0 Å². The molecular weight excluding hydrogens is 2010 g/mol. The van der Waals surface area contributed by atoms with Gasteiger partial charge in [-0.3, -0.25) is 56.1 Å². The van der Waals surface area contributed by atoms with Gasteiger partial charge < -0.3 is 41.8 Å². The fourth-order valence-electron chi connectivity index (χ4n) is 17.4. The van der Waals surface area contributed by atoms with E-state index in [0.29, 0.717) is 144 Å². The maximum Gasteiger partial charge on any atom is 0.341 e. The molecule has 798 valence electrons. The molecule has 145 heavy (non-hydrogen) atoms. The number of sulfonamides is 3. The number of nitrogens with zero attached hydrogens (tertiary/aromatic N) is 15. The van der Waals surface area contributed by atoms with E-state index in [1.807, 2.05) is 33.3 Å². The third-order valence-electron chi connectivity index (χ3n) is 23.9. The van der Waals surface area contributed by atoms with Crippen molar-refractivity contribution in [2.45, 2.75) is 305 Å². The van der Waals surface area contributed by atoms with Crippen molar-refractivity contribution in [1.29, 1.82) is 0 Å². The average molecular weight is 2150 g/mol. The normalized spacial score (nSPS) is 17.0. The van der Waals surface area contributed by atoms with E-state index in [9.17, 15) is 80.8 Å². The molecule has 49 heteroatoms. The van der Waals surface area contributed by atoms with Crippen molar-refractivity contribution in [2.24, 2.45) is 5.73 Å². The van der Waals surface area contributed by atoms with Gasteiger partial charge in [0, 0.05) is 158 Å². The zero-order chi connectivity index (χ0) is 107. The highest BCUT2D eigenvalue weighted by molar-refractivity contribution is 7.98. The summed E-state index contributed by atoms with van der Waals surface area (Å²) in [6, 6.07) is 6.92. The average Bonchev–Trinajstić information content (AvgIpc) is 1.76. The predicted octanol–water partition coefficient (Wildman–Crippen LogP) is 10.1. The van der Waals surface area contributed by atoms with Crippen LogP contribution in [0.4, 0.5) is 17.6 Å². The van der Waals surface area contributed by atoms with Crippen LogP contribution in [-0.2, 0) is 82.2 Å². The Morgan fingerprint density at radius 1 is 0.441 bits per heavy atom. The molecule has 7 aliphatic rings. The first-order chi connectivity index (χ1) is 67.8. The number of carboxylic acids is 1. The van der Waals surface area contributed by atoms with Crippen molar-refractivity contribution in [1.82, 2.24) is 71.1 Å². The number of anilines is 3. The van der Waals surface area contributed by atoms with Gasteiger partial charge in [-0.1, -0.05) is 74.9 Å². The van der Waals surface area contributed by atoms with E-state index in [1.54, 1.807) is 103 Å². The van der Waals surface area contributed by atoms with Crippen molar-refractivity contribution in [2.75, 3.05) is 97.9 Å². The highest BCUT2D eigenvalue weighted by Crippen LogP contribution is 2.37. The highest BCUT2D eigenvalue weighted by Gasteiger charge is 2.35. The number of aliphatic hydroxyl groups is 1. The molecule has 3 saturated heterocycles. The summed E-state index contributed by atoms with van der Waals surface area (Å²) < 4.78 is 147. The van der Waals surface area contributed by atoms with Crippen molar-refractivity contribution in [3.63, 3.8) is 0 Å². The van der Waals surface area contributed by atoms with Gasteiger partial charge in [0.15, 0.2) is 10.3 Å². The van der Waals surface area contributed by atoms with Crippen LogP contribution in [0.15, 0.2) is 78.5 Å². The van der Waals surface area contributed by atoms with Crippen LogP contribution in [0.1, 0.15) is 268 Å². The number of ether oxygens (including phenoxy) is 2. The number of thioether (sulfide) groups is 2. The molecule has 4 saturated carbocycles. The van der Waals surface area contributed by atoms with Gasteiger partial charge in [0.05, 0.1) is 53.9 Å². The SMILES string of the molecule is C#CCCS(=O)(=O)N1CCC(N)CC1.C#CCCS(=O)(=O)N1CCC(Nc2ncc3cc(CC(=O)OC(C)(C)C)c(=O)n(C4CCCC4)c3n2)CC1.C#CCCS(=O)(=O)N1CCC(Nc2ncc3cc(N)c(=O)n(C4CCCC4)c3n2)CC1.CC(C)(C)O.CS(=O)(=O)O.CS(=O)(=O)O.CSc1ncc2cc(C(=O)O)c(=O)n(C3CCCC3)c2n1.CSc1ncc2cc(CC(=O)OC(C)(C)C)c(=O)n(C3CCCC3)c2n1. The monoisotopic (exact) mass is 2150 g/mol. The van der Waals surface area contributed by atoms with Crippen molar-refractivity contribution < 1.29 is 85.3 Å². The van der Waals surface area contributed by atoms with Gasteiger partial charge in [-0.15, -0.1) is 37.0 Å². The standard InChI is InChI=1S/C27H37N5O5S.C21H28N6O3S.C19H25N3O3S.C14H15N3O3S.C9H16N2O2S.C4H10O.2CH4O3S/c1-5-6-15-38(35,36)31-13-11-21(12-14-31)29-26-28-18-20-16-19(17-23(33)37-27(2,3)4)25(34)32(24(20)30-26)22-9-7-8-10-22;1-2-3-12-31(29,30)26-10-8-16(9-11-26)24-21-23-14-15-13-18(22)20(28)27(19(15)25-21)17-6-4-5-7-17;1-19(2,3)25-15(23)10-12-9-13-11-20-18(26-4)21-16(13)22(17(12)24)14-7-5-6-8-14;1-21-14-15-7-8-6-10(13(19)20)12(18)17(11(8)16-14)9-4-2-3-5-9;1-2-3-8-14(12,13)11-6-4-9(10)5-7-11;1-4(2,3)5;2*1-5(2,3)4/h1,16,18,21-22H,6-15,17H2,2-4H3,(H,28,29,30);1,13-14,16-17H,3-12,22H2,(H,23,24,25);9,11,14H,5-8,10H2,1-4H3;6-7,9H,2-5H2,1H3,(H,19,20);1,9H,3-8,10H2;5H,1-3H3;2*1H3,(H,2,3,4). The molecule has 0 atom stereocenters. The second-order valence-corrected chi connectivity index (χ2v) is 50.1. The van der Waals surface area contributed by atoms with Crippen molar-refractivity contribution in [3.05, 3.63) is 107 Å². The Morgan fingerprint density at radius 3 is 1.00 bits per heavy atom. The van der Waals surface area contributed by atoms with E-state index in [4.69, 9.17) is 59.4 Å². The van der Waals surface area contributed by atoms with Crippen LogP contribution in [0.25, 0.3) is 44.1 Å².